The lowest BCUT2D eigenvalue weighted by Gasteiger charge is -2.41. The molecule has 0 aliphatic carbocycles. The van der Waals surface area contributed by atoms with Crippen LogP contribution in [0, 0.1) is 0 Å². The number of aliphatic hydroxyl groups is 1. The van der Waals surface area contributed by atoms with E-state index in [0.29, 0.717) is 6.42 Å². The molecule has 0 unspecified atom stereocenters. The minimum Gasteiger partial charge on any atom is -0.476 e. The maximum absolute atomic E-state index is 10.7. The van der Waals surface area contributed by atoms with E-state index in [1.165, 1.54) is 5.56 Å². The lowest BCUT2D eigenvalue weighted by molar-refractivity contribution is 0.114. The molecule has 0 amide bonds. The van der Waals surface area contributed by atoms with Gasteiger partial charge in [-0.15, -0.1) is 0 Å². The van der Waals surface area contributed by atoms with Gasteiger partial charge in [0, 0.05) is 35.5 Å². The van der Waals surface area contributed by atoms with Gasteiger partial charge in [-0.3, -0.25) is 4.99 Å². The summed E-state index contributed by atoms with van der Waals surface area (Å²) in [4.78, 5) is 7.02. The summed E-state index contributed by atoms with van der Waals surface area (Å²) in [5.74, 6) is 0.811. The number of hydrogen-bond acceptors (Lipinski definition) is 4. The minimum absolute atomic E-state index is 0.0451. The molecule has 0 saturated carbocycles. The molecule has 0 radical (unpaired) electrons. The van der Waals surface area contributed by atoms with Crippen LogP contribution in [0.4, 0.5) is 0 Å². The van der Waals surface area contributed by atoms with Crippen molar-refractivity contribution in [1.29, 1.82) is 0 Å². The Kier molecular flexibility index (Phi) is 6.90. The van der Waals surface area contributed by atoms with Crippen LogP contribution < -0.4 is 4.74 Å². The highest BCUT2D eigenvalue weighted by molar-refractivity contribution is 6.12. The van der Waals surface area contributed by atoms with Crippen LogP contribution in [-0.2, 0) is 18.6 Å². The third-order valence-corrected chi connectivity index (χ3v) is 7.31. The first-order valence-corrected chi connectivity index (χ1v) is 12.7. The number of nitrogens with zero attached hydrogens (tertiary/aromatic N) is 2. The van der Waals surface area contributed by atoms with Crippen LogP contribution in [0.15, 0.2) is 89.9 Å². The molecule has 0 fully saturated rings. The van der Waals surface area contributed by atoms with Gasteiger partial charge >= 0.3 is 0 Å². The molecule has 0 spiro atoms. The van der Waals surface area contributed by atoms with Crippen LogP contribution in [0.2, 0.25) is 0 Å². The molecule has 1 aliphatic heterocycles. The number of fused-ring (bicyclic) bond motifs is 3. The number of aliphatic hydroxyl groups excluding tert-OH is 1. The van der Waals surface area contributed by atoms with Gasteiger partial charge in [0.1, 0.15) is 5.75 Å². The van der Waals surface area contributed by atoms with Crippen molar-refractivity contribution in [3.8, 4) is 5.75 Å². The zero-order valence-electron chi connectivity index (χ0n) is 21.4. The monoisotopic (exact) mass is 478 g/mol. The molecule has 0 bridgehead atoms. The average molecular weight is 479 g/mol. The molecule has 184 valence electrons. The molecule has 36 heavy (non-hydrogen) atoms. The molecular formula is C32H34N2O2. The van der Waals surface area contributed by atoms with E-state index in [0.717, 1.165) is 63.9 Å². The molecule has 1 heterocycles. The summed E-state index contributed by atoms with van der Waals surface area (Å²) in [6, 6.07) is 29.3. The van der Waals surface area contributed by atoms with Crippen LogP contribution >= 0.6 is 0 Å². The zero-order valence-corrected chi connectivity index (χ0v) is 21.4. The Morgan fingerprint density at radius 2 is 1.42 bits per heavy atom. The van der Waals surface area contributed by atoms with Gasteiger partial charge in [0.25, 0.3) is 0 Å². The fraction of sp³-hybridized carbons (Fsp3) is 0.281. The van der Waals surface area contributed by atoms with Gasteiger partial charge in [-0.05, 0) is 50.0 Å². The normalized spacial score (nSPS) is 15.8. The Labute approximate surface area is 213 Å². The van der Waals surface area contributed by atoms with Crippen molar-refractivity contribution >= 4 is 16.5 Å². The lowest BCUT2D eigenvalue weighted by atomic mass is 9.76. The van der Waals surface area contributed by atoms with Crippen LogP contribution in [-0.4, -0.2) is 43.4 Å². The highest BCUT2D eigenvalue weighted by Crippen LogP contribution is 2.49. The summed E-state index contributed by atoms with van der Waals surface area (Å²) in [6.07, 6.45) is 2.49. The molecule has 4 nitrogen and oxygen atoms in total. The van der Waals surface area contributed by atoms with Crippen LogP contribution in [0.25, 0.3) is 10.8 Å². The van der Waals surface area contributed by atoms with Gasteiger partial charge in [0.15, 0.2) is 5.60 Å². The molecule has 4 heteroatoms. The Bertz CT molecular complexity index is 1340. The van der Waals surface area contributed by atoms with E-state index in [9.17, 15) is 5.11 Å². The molecule has 4 aromatic carbocycles. The predicted octanol–water partition coefficient (Wildman–Crippen LogP) is 5.97. The second-order valence-electron chi connectivity index (χ2n) is 9.78. The van der Waals surface area contributed by atoms with E-state index in [4.69, 9.17) is 9.73 Å². The number of aliphatic imine (C=N–C) groups is 1. The van der Waals surface area contributed by atoms with Gasteiger partial charge < -0.3 is 14.7 Å². The lowest BCUT2D eigenvalue weighted by Crippen LogP contribution is -2.41. The van der Waals surface area contributed by atoms with Gasteiger partial charge in [-0.25, -0.2) is 0 Å². The first-order chi connectivity index (χ1) is 17.6. The van der Waals surface area contributed by atoms with Crippen molar-refractivity contribution in [3.05, 3.63) is 113 Å². The van der Waals surface area contributed by atoms with Crippen molar-refractivity contribution in [2.75, 3.05) is 27.7 Å². The van der Waals surface area contributed by atoms with Gasteiger partial charge in [0.2, 0.25) is 0 Å². The highest BCUT2D eigenvalue weighted by atomic mass is 16.5. The fourth-order valence-corrected chi connectivity index (χ4v) is 5.60. The van der Waals surface area contributed by atoms with E-state index < -0.39 is 5.60 Å². The van der Waals surface area contributed by atoms with Gasteiger partial charge in [-0.2, -0.15) is 0 Å². The first-order valence-electron chi connectivity index (χ1n) is 12.7. The molecule has 0 atom stereocenters. The smallest absolute Gasteiger partial charge is 0.165 e. The summed E-state index contributed by atoms with van der Waals surface area (Å²) < 4.78 is 7.18. The molecule has 5 rings (SSSR count). The number of benzene rings is 4. The minimum atomic E-state index is -0.716. The van der Waals surface area contributed by atoms with E-state index in [-0.39, 0.29) is 6.61 Å². The summed E-state index contributed by atoms with van der Waals surface area (Å²) in [7, 11) is 6.05. The molecule has 0 aromatic heterocycles. The molecule has 4 aromatic rings. The third-order valence-electron chi connectivity index (χ3n) is 7.31. The maximum Gasteiger partial charge on any atom is 0.165 e. The summed E-state index contributed by atoms with van der Waals surface area (Å²) in [5.41, 5.74) is 5.53. The second kappa shape index (κ2) is 10.3. The Balaban J connectivity index is 1.78. The maximum atomic E-state index is 10.7. The van der Waals surface area contributed by atoms with Crippen molar-refractivity contribution in [3.63, 3.8) is 0 Å². The van der Waals surface area contributed by atoms with Crippen LogP contribution in [0.5, 0.6) is 5.75 Å². The molecular weight excluding hydrogens is 444 g/mol. The zero-order chi connectivity index (χ0) is 25.1. The van der Waals surface area contributed by atoms with Crippen molar-refractivity contribution in [2.45, 2.75) is 31.5 Å². The Hall–Kier alpha value is -3.47. The topological polar surface area (TPSA) is 45.1 Å². The average Bonchev–Trinajstić information content (AvgIpc) is 2.93. The Morgan fingerprint density at radius 1 is 0.833 bits per heavy atom. The van der Waals surface area contributed by atoms with Crippen molar-refractivity contribution in [2.24, 2.45) is 4.99 Å². The van der Waals surface area contributed by atoms with E-state index in [2.05, 4.69) is 91.8 Å². The van der Waals surface area contributed by atoms with E-state index in [1.807, 2.05) is 19.2 Å². The largest absolute Gasteiger partial charge is 0.476 e. The quantitative estimate of drug-likeness (QED) is 0.356. The molecule has 0 saturated heterocycles. The molecule has 1 N–H and O–H groups in total. The summed E-state index contributed by atoms with van der Waals surface area (Å²) >= 11 is 0. The highest BCUT2D eigenvalue weighted by Gasteiger charge is 2.44. The predicted molar refractivity (Wildman–Crippen MR) is 148 cm³/mol. The fourth-order valence-electron chi connectivity index (χ4n) is 5.60. The number of aryl methyl sites for hydroxylation is 1. The second-order valence-corrected chi connectivity index (χ2v) is 9.78. The number of hydrogen-bond donors (Lipinski definition) is 1. The standard InChI is InChI=1S/C32H34N2O2/c1-33-29-21-32(23-13-6-4-7-14-23,24-15-8-5-9-16-24)36-31-27-18-11-10-17-25(27)26(19-12-20-34(2)3)28(22-35)30(29)31/h4-11,13-18,35H,12,19-22H2,1-3H3. The van der Waals surface area contributed by atoms with E-state index >= 15 is 0 Å². The van der Waals surface area contributed by atoms with Crippen molar-refractivity contribution < 1.29 is 9.84 Å². The number of rotatable bonds is 7. The molecule has 1 aliphatic rings. The van der Waals surface area contributed by atoms with Crippen LogP contribution in [0.1, 0.15) is 40.7 Å². The van der Waals surface area contributed by atoms with E-state index in [1.54, 1.807) is 0 Å². The van der Waals surface area contributed by atoms with Crippen LogP contribution in [0.3, 0.4) is 0 Å². The SMILES string of the molecule is CN=C1CC(c2ccccc2)(c2ccccc2)Oc2c1c(CO)c(CCCN(C)C)c1ccccc21. The third kappa shape index (κ3) is 4.21. The Morgan fingerprint density at radius 3 is 1.97 bits per heavy atom. The summed E-state index contributed by atoms with van der Waals surface area (Å²) in [5, 5.41) is 12.9. The van der Waals surface area contributed by atoms with Crippen molar-refractivity contribution in [1.82, 2.24) is 4.90 Å². The number of ether oxygens (including phenoxy) is 1. The van der Waals surface area contributed by atoms with Gasteiger partial charge in [0.05, 0.1) is 12.3 Å². The first kappa shape index (κ1) is 24.2. The van der Waals surface area contributed by atoms with Gasteiger partial charge in [-0.1, -0.05) is 84.9 Å². The summed E-state index contributed by atoms with van der Waals surface area (Å²) in [6.45, 7) is 0.948.